The number of anilines is 1. The number of carbonyl (C=O) groups is 6. The third kappa shape index (κ3) is 17.3. The zero-order valence-corrected chi connectivity index (χ0v) is 47.5. The van der Waals surface area contributed by atoms with Gasteiger partial charge in [-0.2, -0.15) is 12.6 Å². The lowest BCUT2D eigenvalue weighted by molar-refractivity contribution is -0.271. The molecule has 4 aliphatic rings. The molecule has 5 rings (SSSR count). The highest BCUT2D eigenvalue weighted by molar-refractivity contribution is 7.81. The largest absolute Gasteiger partial charge is 0.495 e. The number of aliphatic hydroxyl groups excluding tert-OH is 1. The van der Waals surface area contributed by atoms with Crippen molar-refractivity contribution in [3.05, 3.63) is 58.7 Å². The van der Waals surface area contributed by atoms with Gasteiger partial charge in [0.25, 0.3) is 0 Å². The molecule has 0 spiro atoms. The molecule has 2 fully saturated rings. The maximum Gasteiger partial charge on any atom is 0.410 e. The van der Waals surface area contributed by atoms with Crippen LogP contribution in [-0.4, -0.2) is 202 Å². The van der Waals surface area contributed by atoms with Crippen LogP contribution in [0.25, 0.3) is 0 Å². The van der Waals surface area contributed by atoms with E-state index in [0.717, 1.165) is 28.9 Å². The summed E-state index contributed by atoms with van der Waals surface area (Å²) in [5.41, 5.74) is -1.06. The number of rotatable bonds is 17. The van der Waals surface area contributed by atoms with Gasteiger partial charge in [0.05, 0.1) is 56.3 Å². The van der Waals surface area contributed by atoms with E-state index < -0.39 is 90.2 Å². The third-order valence-electron chi connectivity index (χ3n) is 14.5. The van der Waals surface area contributed by atoms with E-state index >= 15 is 0 Å². The van der Waals surface area contributed by atoms with E-state index in [4.69, 9.17) is 49.5 Å². The summed E-state index contributed by atoms with van der Waals surface area (Å²) in [6.45, 7) is 7.57. The SMILES string of the molecule is COc1cc2cc(c1Cl)N(C)C(=O)C[C@H](OC(=O)[C@H](C)N(C)C(=O)CCOC(=O)N(C)CCN(C)C(=O)OC1/C=C/CC(OCCNC(=O)CS)CCC1)[C@]1(C)O[C@H]1[C@H](C)[C@@H]1C[C@@](O)(NC(O)O1)[C@H](OC)/C=C/C=C(\C)C2. The minimum atomic E-state index is -1.79. The molecule has 3 unspecified atom stereocenters. The summed E-state index contributed by atoms with van der Waals surface area (Å²) < 4.78 is 46.6. The highest BCUT2D eigenvalue weighted by Gasteiger charge is 2.64. The maximum atomic E-state index is 14.4. The lowest BCUT2D eigenvalue weighted by Crippen LogP contribution is -2.65. The molecule has 4 N–H and O–H groups in total. The van der Waals surface area contributed by atoms with E-state index in [9.17, 15) is 39.0 Å². The van der Waals surface area contributed by atoms with Crippen LogP contribution in [0.2, 0.25) is 5.02 Å². The van der Waals surface area contributed by atoms with Crippen molar-refractivity contribution in [3.63, 3.8) is 0 Å². The smallest absolute Gasteiger partial charge is 0.410 e. The van der Waals surface area contributed by atoms with Crippen LogP contribution in [0.4, 0.5) is 15.3 Å². The Labute approximate surface area is 462 Å². The number of hydrogen-bond donors (Lipinski definition) is 5. The van der Waals surface area contributed by atoms with Crippen LogP contribution >= 0.6 is 24.2 Å². The first-order valence-corrected chi connectivity index (χ1v) is 26.9. The number of allylic oxidation sites excluding steroid dienone is 3. The number of carbonyl (C=O) groups excluding carboxylic acids is 6. The van der Waals surface area contributed by atoms with Crippen LogP contribution in [-0.2, 0) is 58.8 Å². The first-order chi connectivity index (χ1) is 36.4. The number of likely N-dealkylation sites (N-methyl/N-ethyl adjacent to an activating group) is 3. The van der Waals surface area contributed by atoms with Gasteiger partial charge in [-0.15, -0.1) is 0 Å². The molecule has 1 aromatic carbocycles. The van der Waals surface area contributed by atoms with Gasteiger partial charge in [0.1, 0.15) is 47.3 Å². The Bertz CT molecular complexity index is 2330. The molecule has 0 saturated carbocycles. The van der Waals surface area contributed by atoms with Crippen LogP contribution in [0.5, 0.6) is 5.75 Å². The summed E-state index contributed by atoms with van der Waals surface area (Å²) in [5.74, 6) is -2.14. The normalized spacial score (nSPS) is 29.6. The van der Waals surface area contributed by atoms with Gasteiger partial charge >= 0.3 is 18.2 Å². The van der Waals surface area contributed by atoms with Crippen molar-refractivity contribution in [2.45, 2.75) is 139 Å². The Morgan fingerprint density at radius 2 is 1.77 bits per heavy atom. The number of esters is 1. The zero-order chi connectivity index (χ0) is 56.8. The number of hydrogen-bond acceptors (Lipinski definition) is 18. The minimum Gasteiger partial charge on any atom is -0.495 e. The van der Waals surface area contributed by atoms with E-state index in [2.05, 4.69) is 23.3 Å². The molecular formula is C53H79ClN6O16S. The van der Waals surface area contributed by atoms with Gasteiger partial charge in [0.15, 0.2) is 5.72 Å². The third-order valence-corrected chi connectivity index (χ3v) is 15.2. The minimum absolute atomic E-state index is 0.00979. The predicted octanol–water partition coefficient (Wildman–Crippen LogP) is 4.13. The van der Waals surface area contributed by atoms with Crippen LogP contribution in [0.15, 0.2) is 48.1 Å². The van der Waals surface area contributed by atoms with Crippen molar-refractivity contribution < 1.29 is 76.9 Å². The number of amides is 5. The summed E-state index contributed by atoms with van der Waals surface area (Å²) in [5, 5.41) is 28.3. The molecule has 4 bridgehead atoms. The number of fused-ring (bicyclic) bond motifs is 5. The van der Waals surface area contributed by atoms with Crippen LogP contribution in [0.1, 0.15) is 78.2 Å². The summed E-state index contributed by atoms with van der Waals surface area (Å²) in [6, 6.07) is 2.36. The van der Waals surface area contributed by atoms with E-state index in [1.165, 1.54) is 49.9 Å². The molecule has 22 nitrogen and oxygen atoms in total. The number of benzene rings is 1. The maximum absolute atomic E-state index is 14.4. The first-order valence-electron chi connectivity index (χ1n) is 25.9. The molecule has 1 aromatic rings. The molecule has 3 aliphatic heterocycles. The molecule has 2 saturated heterocycles. The molecule has 77 heavy (non-hydrogen) atoms. The number of methoxy groups -OCH3 is 2. The van der Waals surface area contributed by atoms with Crippen molar-refractivity contribution in [2.24, 2.45) is 5.92 Å². The highest BCUT2D eigenvalue weighted by Crippen LogP contribution is 2.49. The van der Waals surface area contributed by atoms with Crippen molar-refractivity contribution in [3.8, 4) is 5.75 Å². The Hall–Kier alpha value is -4.98. The number of nitrogens with zero attached hydrogens (tertiary/aromatic N) is 4. The van der Waals surface area contributed by atoms with E-state index in [-0.39, 0.29) is 61.7 Å². The Kier molecular flexibility index (Phi) is 23.5. The second-order valence-electron chi connectivity index (χ2n) is 20.2. The van der Waals surface area contributed by atoms with Gasteiger partial charge in [-0.25, -0.2) is 19.7 Å². The molecule has 24 heteroatoms. The predicted molar refractivity (Wildman–Crippen MR) is 287 cm³/mol. The average Bonchev–Trinajstić information content (AvgIpc) is 4.19. The van der Waals surface area contributed by atoms with E-state index in [1.807, 2.05) is 25.2 Å². The molecule has 11 atom stereocenters. The second-order valence-corrected chi connectivity index (χ2v) is 20.9. The Morgan fingerprint density at radius 1 is 1.05 bits per heavy atom. The summed E-state index contributed by atoms with van der Waals surface area (Å²) in [7, 11) is 8.91. The topological polar surface area (TPSA) is 257 Å². The molecule has 1 aliphatic carbocycles. The first kappa shape index (κ1) is 62.9. The lowest BCUT2D eigenvalue weighted by atomic mass is 9.83. The zero-order valence-electron chi connectivity index (χ0n) is 45.9. The molecule has 0 radical (unpaired) electrons. The molecule has 430 valence electrons. The van der Waals surface area contributed by atoms with Gasteiger partial charge < -0.3 is 73.0 Å². The lowest BCUT2D eigenvalue weighted by Gasteiger charge is -2.44. The van der Waals surface area contributed by atoms with Crippen molar-refractivity contribution >= 4 is 65.8 Å². The van der Waals surface area contributed by atoms with Crippen LogP contribution < -0.4 is 20.3 Å². The molecule has 0 aromatic heterocycles. The van der Waals surface area contributed by atoms with Crippen molar-refractivity contribution in [1.82, 2.24) is 25.3 Å². The number of thiol groups is 1. The monoisotopic (exact) mass is 1120 g/mol. The number of epoxide rings is 1. The molecular weight excluding hydrogens is 1040 g/mol. The van der Waals surface area contributed by atoms with Crippen LogP contribution in [0, 0.1) is 5.92 Å². The Morgan fingerprint density at radius 3 is 2.45 bits per heavy atom. The Balaban J connectivity index is 1.18. The van der Waals surface area contributed by atoms with E-state index in [0.29, 0.717) is 43.9 Å². The van der Waals surface area contributed by atoms with Crippen LogP contribution in [0.3, 0.4) is 0 Å². The molecule has 3 heterocycles. The van der Waals surface area contributed by atoms with Gasteiger partial charge in [-0.3, -0.25) is 14.4 Å². The van der Waals surface area contributed by atoms with Gasteiger partial charge in [-0.05, 0) is 76.6 Å². The average molecular weight is 1120 g/mol. The van der Waals surface area contributed by atoms with Crippen molar-refractivity contribution in [2.75, 3.05) is 85.9 Å². The fourth-order valence-electron chi connectivity index (χ4n) is 9.41. The van der Waals surface area contributed by atoms with Gasteiger partial charge in [0, 0.05) is 67.3 Å². The summed E-state index contributed by atoms with van der Waals surface area (Å²) in [4.78, 5) is 84.3. The molecule has 5 amide bonds. The fourth-order valence-corrected chi connectivity index (χ4v) is 9.83. The van der Waals surface area contributed by atoms with Crippen molar-refractivity contribution in [1.29, 1.82) is 0 Å². The fraction of sp³-hybridized carbons (Fsp3) is 0.660. The van der Waals surface area contributed by atoms with E-state index in [1.54, 1.807) is 52.2 Å². The number of halogens is 1. The number of ether oxygens (including phenoxy) is 8. The quantitative estimate of drug-likeness (QED) is 0.0367. The van der Waals surface area contributed by atoms with Gasteiger partial charge in [0.2, 0.25) is 24.1 Å². The summed E-state index contributed by atoms with van der Waals surface area (Å²) in [6.07, 6.45) is 4.50. The highest BCUT2D eigenvalue weighted by atomic mass is 35.5. The number of nitrogens with one attached hydrogen (secondary N) is 2. The van der Waals surface area contributed by atoms with Gasteiger partial charge in [-0.1, -0.05) is 48.4 Å². The number of aliphatic hydroxyl groups is 2. The standard InChI is InChI=1S/C53H79ClN6O16S/c1-32-14-11-19-41(70-10)53(68)30-40(74-49(65)56-53)33(2)47-52(4,76-47)42(29-45(63)60(8)38-27-35(26-32)28-39(69-9)46(38)54)75-48(64)34(3)59(7)44(62)20-24-72-50(66)57(5)22-23-58(6)51(67)73-37-17-12-15-36(16-13-18-37)71-25-21-55-43(61)31-77/h11-12,14,17,19,27-28,33-34,36-37,40-42,47,49,56,65,68,77H,13,15-16,18,20-26,29-31H2,1-10H3,(H,55,61)/b17-12+,19-11+,32-14+/t33-,34+,36?,37?,40+,41-,42+,47+,49?,52+,53+/m1/s1. The summed E-state index contributed by atoms with van der Waals surface area (Å²) >= 11 is 10.8. The second kappa shape index (κ2) is 28.8.